The second kappa shape index (κ2) is 24.6. The summed E-state index contributed by atoms with van der Waals surface area (Å²) in [6.07, 6.45) is 22.8. The Labute approximate surface area is 199 Å². The normalized spacial score (nSPS) is 12.0. The number of ether oxygens (including phenoxy) is 2. The lowest BCUT2D eigenvalue weighted by Crippen LogP contribution is -2.25. The quantitative estimate of drug-likeness (QED) is 0.108. The fourth-order valence-electron chi connectivity index (χ4n) is 3.92. The summed E-state index contributed by atoms with van der Waals surface area (Å²) in [5.74, 6) is -0.298. The third kappa shape index (κ3) is 22.1. The van der Waals surface area contributed by atoms with Crippen LogP contribution < -0.4 is 0 Å². The van der Waals surface area contributed by atoms with Gasteiger partial charge in [-0.1, -0.05) is 117 Å². The van der Waals surface area contributed by atoms with Crippen molar-refractivity contribution >= 4 is 11.9 Å². The third-order valence-electron chi connectivity index (χ3n) is 6.08. The van der Waals surface area contributed by atoms with E-state index in [0.717, 1.165) is 44.9 Å². The van der Waals surface area contributed by atoms with Crippen molar-refractivity contribution in [2.24, 2.45) is 0 Å². The minimum Gasteiger partial charge on any atom is -0.462 e. The summed E-state index contributed by atoms with van der Waals surface area (Å²) in [5.41, 5.74) is 0. The van der Waals surface area contributed by atoms with Crippen molar-refractivity contribution in [1.29, 1.82) is 0 Å². The van der Waals surface area contributed by atoms with E-state index in [1.54, 1.807) is 0 Å². The largest absolute Gasteiger partial charge is 0.462 e. The van der Waals surface area contributed by atoms with E-state index in [2.05, 4.69) is 20.8 Å². The highest BCUT2D eigenvalue weighted by Crippen LogP contribution is 2.13. The van der Waals surface area contributed by atoms with E-state index in [0.29, 0.717) is 12.8 Å². The Bertz CT molecular complexity index is 422. The van der Waals surface area contributed by atoms with E-state index < -0.39 is 0 Å². The molecule has 0 aromatic rings. The van der Waals surface area contributed by atoms with Crippen LogP contribution in [0.15, 0.2) is 0 Å². The summed E-state index contributed by atoms with van der Waals surface area (Å²) in [6, 6.07) is 0. The molecular weight excluding hydrogens is 400 g/mol. The molecule has 0 rings (SSSR count). The van der Waals surface area contributed by atoms with Gasteiger partial charge < -0.3 is 9.47 Å². The first kappa shape index (κ1) is 30.9. The highest BCUT2D eigenvalue weighted by Gasteiger charge is 2.16. The number of carbonyl (C=O) groups is 2. The van der Waals surface area contributed by atoms with Gasteiger partial charge in [0.1, 0.15) is 12.7 Å². The molecule has 0 fully saturated rings. The number of hydrogen-bond acceptors (Lipinski definition) is 4. The molecule has 4 heteroatoms. The zero-order chi connectivity index (χ0) is 23.7. The standard InChI is InChI=1S/C28H54O4/c1-4-7-10-12-14-16-18-20-23-27(29)31-25-26(22-9-6-3)32-28(30)24-21-19-17-15-13-11-8-5-2/h26H,4-25H2,1-3H3. The Hall–Kier alpha value is -1.06. The summed E-state index contributed by atoms with van der Waals surface area (Å²) < 4.78 is 11.1. The molecule has 0 aliphatic heterocycles. The summed E-state index contributed by atoms with van der Waals surface area (Å²) in [4.78, 5) is 24.3. The number of rotatable bonds is 24. The van der Waals surface area contributed by atoms with Crippen LogP contribution in [0.25, 0.3) is 0 Å². The Morgan fingerprint density at radius 1 is 0.531 bits per heavy atom. The average molecular weight is 455 g/mol. The van der Waals surface area contributed by atoms with Crippen LogP contribution in [0, 0.1) is 0 Å². The smallest absolute Gasteiger partial charge is 0.306 e. The summed E-state index contributed by atoms with van der Waals surface area (Å²) in [6.45, 7) is 6.79. The Morgan fingerprint density at radius 3 is 1.41 bits per heavy atom. The molecule has 0 aliphatic carbocycles. The summed E-state index contributed by atoms with van der Waals surface area (Å²) in [7, 11) is 0. The van der Waals surface area contributed by atoms with Crippen LogP contribution in [-0.4, -0.2) is 24.6 Å². The molecule has 1 unspecified atom stereocenters. The average Bonchev–Trinajstić information content (AvgIpc) is 2.79. The van der Waals surface area contributed by atoms with E-state index in [9.17, 15) is 9.59 Å². The molecule has 0 aliphatic rings. The highest BCUT2D eigenvalue weighted by atomic mass is 16.6. The molecule has 190 valence electrons. The van der Waals surface area contributed by atoms with Crippen molar-refractivity contribution in [2.75, 3.05) is 6.61 Å². The first-order valence-corrected chi connectivity index (χ1v) is 14.0. The molecule has 32 heavy (non-hydrogen) atoms. The van der Waals surface area contributed by atoms with Crippen LogP contribution >= 0.6 is 0 Å². The van der Waals surface area contributed by atoms with Gasteiger partial charge in [0, 0.05) is 12.8 Å². The van der Waals surface area contributed by atoms with E-state index >= 15 is 0 Å². The van der Waals surface area contributed by atoms with E-state index in [1.807, 2.05) is 0 Å². The molecule has 0 saturated carbocycles. The van der Waals surface area contributed by atoms with Crippen LogP contribution in [0.4, 0.5) is 0 Å². The lowest BCUT2D eigenvalue weighted by atomic mass is 10.1. The van der Waals surface area contributed by atoms with Gasteiger partial charge in [-0.25, -0.2) is 0 Å². The summed E-state index contributed by atoms with van der Waals surface area (Å²) >= 11 is 0. The van der Waals surface area contributed by atoms with Gasteiger partial charge in [0.2, 0.25) is 0 Å². The molecule has 1 atom stereocenters. The molecule has 0 aromatic carbocycles. The third-order valence-corrected chi connectivity index (χ3v) is 6.08. The molecule has 0 bridgehead atoms. The number of esters is 2. The van der Waals surface area contributed by atoms with Crippen LogP contribution in [0.3, 0.4) is 0 Å². The second-order valence-corrected chi connectivity index (χ2v) is 9.39. The SMILES string of the molecule is CCCCCCCCCCC(=O)OCC(CCCC)OC(=O)CCCCCCCCCC. The van der Waals surface area contributed by atoms with E-state index in [1.165, 1.54) is 77.0 Å². The molecule has 0 saturated heterocycles. The van der Waals surface area contributed by atoms with Gasteiger partial charge >= 0.3 is 11.9 Å². The minimum atomic E-state index is -0.293. The van der Waals surface area contributed by atoms with Crippen molar-refractivity contribution in [3.63, 3.8) is 0 Å². The van der Waals surface area contributed by atoms with Crippen molar-refractivity contribution in [1.82, 2.24) is 0 Å². The minimum absolute atomic E-state index is 0.142. The van der Waals surface area contributed by atoms with Gasteiger partial charge in [0.25, 0.3) is 0 Å². The summed E-state index contributed by atoms with van der Waals surface area (Å²) in [5, 5.41) is 0. The Morgan fingerprint density at radius 2 is 0.938 bits per heavy atom. The maximum Gasteiger partial charge on any atom is 0.306 e. The van der Waals surface area contributed by atoms with Gasteiger partial charge in [-0.2, -0.15) is 0 Å². The predicted octanol–water partition coefficient (Wildman–Crippen LogP) is 8.69. The monoisotopic (exact) mass is 454 g/mol. The maximum atomic E-state index is 12.2. The molecule has 4 nitrogen and oxygen atoms in total. The first-order chi connectivity index (χ1) is 15.6. The lowest BCUT2D eigenvalue weighted by Gasteiger charge is -2.18. The van der Waals surface area contributed by atoms with Gasteiger partial charge in [0.15, 0.2) is 0 Å². The molecule has 0 aromatic heterocycles. The predicted molar refractivity (Wildman–Crippen MR) is 135 cm³/mol. The van der Waals surface area contributed by atoms with Crippen LogP contribution in [0.5, 0.6) is 0 Å². The number of carbonyl (C=O) groups excluding carboxylic acids is 2. The van der Waals surface area contributed by atoms with Crippen molar-refractivity contribution < 1.29 is 19.1 Å². The van der Waals surface area contributed by atoms with Crippen LogP contribution in [-0.2, 0) is 19.1 Å². The zero-order valence-electron chi connectivity index (χ0n) is 21.8. The molecule has 0 heterocycles. The Kier molecular flexibility index (Phi) is 23.8. The van der Waals surface area contributed by atoms with E-state index in [4.69, 9.17) is 9.47 Å². The molecular formula is C28H54O4. The molecule has 0 spiro atoms. The Balaban J connectivity index is 3.88. The van der Waals surface area contributed by atoms with Crippen molar-refractivity contribution in [3.05, 3.63) is 0 Å². The van der Waals surface area contributed by atoms with Gasteiger partial charge in [-0.3, -0.25) is 9.59 Å². The fourth-order valence-corrected chi connectivity index (χ4v) is 3.92. The van der Waals surface area contributed by atoms with Crippen LogP contribution in [0.1, 0.15) is 156 Å². The zero-order valence-corrected chi connectivity index (χ0v) is 21.8. The molecule has 0 amide bonds. The molecule has 0 N–H and O–H groups in total. The van der Waals surface area contributed by atoms with Gasteiger partial charge in [0.05, 0.1) is 0 Å². The first-order valence-electron chi connectivity index (χ1n) is 14.0. The number of unbranched alkanes of at least 4 members (excludes halogenated alkanes) is 15. The van der Waals surface area contributed by atoms with Crippen molar-refractivity contribution in [2.45, 2.75) is 162 Å². The topological polar surface area (TPSA) is 52.6 Å². The lowest BCUT2D eigenvalue weighted by molar-refractivity contribution is -0.159. The fraction of sp³-hybridized carbons (Fsp3) is 0.929. The van der Waals surface area contributed by atoms with E-state index in [-0.39, 0.29) is 24.6 Å². The molecule has 0 radical (unpaired) electrons. The van der Waals surface area contributed by atoms with Gasteiger partial charge in [-0.15, -0.1) is 0 Å². The van der Waals surface area contributed by atoms with Crippen molar-refractivity contribution in [3.8, 4) is 0 Å². The highest BCUT2D eigenvalue weighted by molar-refractivity contribution is 5.70. The number of hydrogen-bond donors (Lipinski definition) is 0. The second-order valence-electron chi connectivity index (χ2n) is 9.39. The van der Waals surface area contributed by atoms with Gasteiger partial charge in [-0.05, 0) is 25.7 Å². The van der Waals surface area contributed by atoms with Crippen LogP contribution in [0.2, 0.25) is 0 Å². The maximum absolute atomic E-state index is 12.2.